The summed E-state index contributed by atoms with van der Waals surface area (Å²) in [5.74, 6) is 0.457. The topological polar surface area (TPSA) is 88.1 Å². The highest BCUT2D eigenvalue weighted by Crippen LogP contribution is 2.47. The molecule has 0 bridgehead atoms. The van der Waals surface area contributed by atoms with Crippen LogP contribution in [-0.4, -0.2) is 37.0 Å². The van der Waals surface area contributed by atoms with Gasteiger partial charge in [-0.3, -0.25) is 9.59 Å². The van der Waals surface area contributed by atoms with E-state index in [0.29, 0.717) is 60.3 Å². The van der Waals surface area contributed by atoms with Crippen molar-refractivity contribution in [2.75, 3.05) is 7.11 Å². The molecule has 2 aromatic rings. The highest BCUT2D eigenvalue weighted by Gasteiger charge is 2.36. The highest BCUT2D eigenvalue weighted by molar-refractivity contribution is 5.99. The van der Waals surface area contributed by atoms with Gasteiger partial charge < -0.3 is 18.9 Å². The van der Waals surface area contributed by atoms with Gasteiger partial charge in [0.15, 0.2) is 0 Å². The van der Waals surface area contributed by atoms with Gasteiger partial charge in [-0.2, -0.15) is 0 Å². The van der Waals surface area contributed by atoms with Crippen molar-refractivity contribution in [2.24, 2.45) is 0 Å². The lowest BCUT2D eigenvalue weighted by atomic mass is 9.83. The zero-order chi connectivity index (χ0) is 27.2. The summed E-state index contributed by atoms with van der Waals surface area (Å²) >= 11 is 0. The van der Waals surface area contributed by atoms with Crippen LogP contribution in [0.5, 0.6) is 17.2 Å². The first-order valence-electron chi connectivity index (χ1n) is 13.4. The highest BCUT2D eigenvalue weighted by atomic mass is 16.5. The van der Waals surface area contributed by atoms with Gasteiger partial charge in [0.05, 0.1) is 25.7 Å². The zero-order valence-electron chi connectivity index (χ0n) is 22.6. The first kappa shape index (κ1) is 27.4. The molecule has 0 aromatic heterocycles. The molecule has 0 saturated carbocycles. The Morgan fingerprint density at radius 3 is 2.47 bits per heavy atom. The molecule has 2 aromatic carbocycles. The minimum atomic E-state index is -0.503. The Hall–Kier alpha value is -3.61. The number of Topliss-reactive ketones (excluding diaryl/α,β-unsaturated/α-hetero) is 1. The average molecular weight is 521 g/mol. The Bertz CT molecular complexity index is 1210. The van der Waals surface area contributed by atoms with Crippen molar-refractivity contribution in [2.45, 2.75) is 83.8 Å². The fourth-order valence-corrected chi connectivity index (χ4v) is 5.05. The molecule has 7 heteroatoms. The summed E-state index contributed by atoms with van der Waals surface area (Å²) in [7, 11) is 1.51. The van der Waals surface area contributed by atoms with Crippen molar-refractivity contribution in [3.63, 3.8) is 0 Å². The standard InChI is InChI=1S/C31H36O7/c1-19(2)36-24-15-13-21(14-16-24)25-18-27(33)38-26-17-22-10-6-5-7-11-23(32)12-8-9-20(3)37-31(34)28(22)30(35-4)29(25)26/h6,10,13-17,19-20,25H,5,7-9,11-12,18H2,1-4H3/t20-,25-/m1/s1. The first-order chi connectivity index (χ1) is 18.3. The van der Waals surface area contributed by atoms with Crippen LogP contribution in [-0.2, 0) is 14.3 Å². The third-order valence-electron chi connectivity index (χ3n) is 6.82. The molecular weight excluding hydrogens is 484 g/mol. The van der Waals surface area contributed by atoms with Gasteiger partial charge in [-0.05, 0) is 75.8 Å². The summed E-state index contributed by atoms with van der Waals surface area (Å²) in [5, 5.41) is 0. The summed E-state index contributed by atoms with van der Waals surface area (Å²) in [6, 6.07) is 9.33. The van der Waals surface area contributed by atoms with Gasteiger partial charge in [0.1, 0.15) is 28.6 Å². The second-order valence-electron chi connectivity index (χ2n) is 10.2. The summed E-state index contributed by atoms with van der Waals surface area (Å²) in [5.41, 5.74) is 2.40. The van der Waals surface area contributed by atoms with E-state index in [9.17, 15) is 14.4 Å². The maximum absolute atomic E-state index is 13.5. The maximum atomic E-state index is 13.5. The van der Waals surface area contributed by atoms with E-state index in [-0.39, 0.29) is 36.3 Å². The molecule has 2 aliphatic heterocycles. The molecule has 0 amide bonds. The van der Waals surface area contributed by atoms with E-state index < -0.39 is 5.97 Å². The lowest BCUT2D eigenvalue weighted by molar-refractivity contribution is -0.135. The fourth-order valence-electron chi connectivity index (χ4n) is 5.05. The molecule has 202 valence electrons. The minimum Gasteiger partial charge on any atom is -0.495 e. The van der Waals surface area contributed by atoms with Crippen molar-refractivity contribution in [1.82, 2.24) is 0 Å². The Kier molecular flexibility index (Phi) is 8.87. The van der Waals surface area contributed by atoms with Crippen molar-refractivity contribution in [1.29, 1.82) is 0 Å². The molecule has 0 fully saturated rings. The molecule has 38 heavy (non-hydrogen) atoms. The number of hydrogen-bond acceptors (Lipinski definition) is 7. The maximum Gasteiger partial charge on any atom is 0.342 e. The van der Waals surface area contributed by atoms with Crippen LogP contribution in [0.2, 0.25) is 0 Å². The number of carbonyl (C=O) groups excluding carboxylic acids is 3. The van der Waals surface area contributed by atoms with Gasteiger partial charge in [-0.25, -0.2) is 4.79 Å². The Morgan fingerprint density at radius 1 is 1.03 bits per heavy atom. The van der Waals surface area contributed by atoms with Crippen molar-refractivity contribution >= 4 is 23.8 Å². The third kappa shape index (κ3) is 6.44. The molecule has 2 atom stereocenters. The fraction of sp³-hybridized carbons (Fsp3) is 0.452. The second kappa shape index (κ2) is 12.3. The summed E-state index contributed by atoms with van der Waals surface area (Å²) < 4.78 is 23.1. The molecule has 0 saturated heterocycles. The zero-order valence-corrected chi connectivity index (χ0v) is 22.6. The molecule has 0 aliphatic carbocycles. The van der Waals surface area contributed by atoms with Crippen LogP contribution in [0.15, 0.2) is 36.4 Å². The number of fused-ring (bicyclic) bond motifs is 2. The van der Waals surface area contributed by atoms with E-state index in [4.69, 9.17) is 18.9 Å². The SMILES string of the molecule is COc1c2c(cc3c1[C@@H](c1ccc(OC(C)C)cc1)CC(=O)O3)C=CCCCC(=O)CCC[C@@H](C)OC2=O. The van der Waals surface area contributed by atoms with Gasteiger partial charge in [-0.15, -0.1) is 0 Å². The number of cyclic esters (lactones) is 1. The first-order valence-corrected chi connectivity index (χ1v) is 13.4. The lowest BCUT2D eigenvalue weighted by Crippen LogP contribution is -2.24. The van der Waals surface area contributed by atoms with E-state index in [1.54, 1.807) is 6.07 Å². The van der Waals surface area contributed by atoms with Crippen molar-refractivity contribution < 1.29 is 33.3 Å². The van der Waals surface area contributed by atoms with Crippen LogP contribution in [0, 0.1) is 0 Å². The average Bonchev–Trinajstić information content (AvgIpc) is 2.86. The summed E-state index contributed by atoms with van der Waals surface area (Å²) in [6.07, 6.45) is 7.25. The third-order valence-corrected chi connectivity index (χ3v) is 6.82. The van der Waals surface area contributed by atoms with Crippen LogP contribution in [0.1, 0.15) is 98.7 Å². The van der Waals surface area contributed by atoms with Crippen molar-refractivity contribution in [3.05, 3.63) is 58.7 Å². The van der Waals surface area contributed by atoms with Gasteiger partial charge in [-0.1, -0.05) is 24.3 Å². The van der Waals surface area contributed by atoms with Gasteiger partial charge in [0.2, 0.25) is 0 Å². The summed E-state index contributed by atoms with van der Waals surface area (Å²) in [6.45, 7) is 5.76. The van der Waals surface area contributed by atoms with E-state index in [1.165, 1.54) is 7.11 Å². The number of hydrogen-bond donors (Lipinski definition) is 0. The Morgan fingerprint density at radius 2 is 1.76 bits per heavy atom. The van der Waals surface area contributed by atoms with Gasteiger partial charge >= 0.3 is 11.9 Å². The molecular formula is C31H36O7. The molecule has 0 radical (unpaired) electrons. The molecule has 0 N–H and O–H groups in total. The predicted molar refractivity (Wildman–Crippen MR) is 144 cm³/mol. The molecule has 4 rings (SSSR count). The van der Waals surface area contributed by atoms with E-state index in [0.717, 1.165) is 17.7 Å². The second-order valence-corrected chi connectivity index (χ2v) is 10.2. The van der Waals surface area contributed by atoms with Crippen LogP contribution >= 0.6 is 0 Å². The smallest absolute Gasteiger partial charge is 0.342 e. The Balaban J connectivity index is 1.80. The van der Waals surface area contributed by atoms with Gasteiger partial charge in [0.25, 0.3) is 0 Å². The van der Waals surface area contributed by atoms with Crippen LogP contribution < -0.4 is 14.2 Å². The quantitative estimate of drug-likeness (QED) is 0.340. The number of rotatable bonds is 4. The van der Waals surface area contributed by atoms with Crippen LogP contribution in [0.4, 0.5) is 0 Å². The molecule has 0 spiro atoms. The largest absolute Gasteiger partial charge is 0.495 e. The number of esters is 2. The number of carbonyl (C=O) groups is 3. The van der Waals surface area contributed by atoms with Crippen molar-refractivity contribution in [3.8, 4) is 17.2 Å². The van der Waals surface area contributed by atoms with Crippen LogP contribution in [0.25, 0.3) is 6.08 Å². The molecule has 2 heterocycles. The number of benzene rings is 2. The van der Waals surface area contributed by atoms with Crippen LogP contribution in [0.3, 0.4) is 0 Å². The lowest BCUT2D eigenvalue weighted by Gasteiger charge is -2.29. The van der Waals surface area contributed by atoms with E-state index >= 15 is 0 Å². The monoisotopic (exact) mass is 520 g/mol. The van der Waals surface area contributed by atoms with Gasteiger partial charge in [0, 0.05) is 24.3 Å². The minimum absolute atomic E-state index is 0.0447. The Labute approximate surface area is 224 Å². The number of ether oxygens (including phenoxy) is 4. The number of ketones is 1. The van der Waals surface area contributed by atoms with E-state index in [1.807, 2.05) is 57.2 Å². The van der Waals surface area contributed by atoms with E-state index in [2.05, 4.69) is 0 Å². The molecule has 7 nitrogen and oxygen atoms in total. The molecule has 0 unspecified atom stereocenters. The summed E-state index contributed by atoms with van der Waals surface area (Å²) in [4.78, 5) is 38.3. The number of methoxy groups -OCH3 is 1. The molecule has 2 aliphatic rings. The number of allylic oxidation sites excluding steroid dienone is 1. The normalized spacial score (nSPS) is 20.6. The predicted octanol–water partition coefficient (Wildman–Crippen LogP) is 6.41.